The first-order valence-electron chi connectivity index (χ1n) is 13.0. The Morgan fingerprint density at radius 1 is 1.00 bits per heavy atom. The molecule has 0 saturated carbocycles. The first kappa shape index (κ1) is 29.1. The number of carboxylic acid groups (broad SMARTS) is 1. The molecule has 0 unspecified atom stereocenters. The van der Waals surface area contributed by atoms with Gasteiger partial charge in [0, 0.05) is 55.6 Å². The number of nitrogens with one attached hydrogen (secondary N) is 1. The van der Waals surface area contributed by atoms with Crippen LogP contribution in [0.5, 0.6) is 0 Å². The Balaban J connectivity index is 1.32. The smallest absolute Gasteiger partial charge is 0.420 e. The number of carbonyl (C=O) groups is 3. The third-order valence-electron chi connectivity index (χ3n) is 6.79. The van der Waals surface area contributed by atoms with E-state index in [9.17, 15) is 27.6 Å². The minimum atomic E-state index is -4.74. The maximum absolute atomic E-state index is 14.0. The molecule has 1 saturated heterocycles. The standard InChI is InChI=1S/C29H25F3N6O5/c30-29(31,32)22-13-19(23-4-3-18(15-34-23)27(40)37-7-9-38(10-8-37)28(41)42)11-20-12-21(43-26(20)22)16-36-25(39)6-2-17-1-5-24(33)35-14-17/h1-6,11-15H,7-10,16H2,(H2,33,35)(H,36,39)(H,41,42). The molecule has 1 aliphatic rings. The zero-order valence-corrected chi connectivity index (χ0v) is 22.5. The van der Waals surface area contributed by atoms with Gasteiger partial charge in [0.15, 0.2) is 0 Å². The average molecular weight is 595 g/mol. The van der Waals surface area contributed by atoms with Crippen LogP contribution in [-0.4, -0.2) is 69.0 Å². The molecule has 0 aliphatic carbocycles. The summed E-state index contributed by atoms with van der Waals surface area (Å²) in [6, 6.07) is 10.00. The molecule has 0 spiro atoms. The molecule has 1 aliphatic heterocycles. The fraction of sp³-hybridized carbons (Fsp3) is 0.207. The van der Waals surface area contributed by atoms with Gasteiger partial charge in [-0.3, -0.25) is 14.6 Å². The normalized spacial score (nSPS) is 13.9. The van der Waals surface area contributed by atoms with Crippen LogP contribution in [0.2, 0.25) is 0 Å². The molecule has 14 heteroatoms. The van der Waals surface area contributed by atoms with E-state index in [-0.39, 0.29) is 72.2 Å². The lowest BCUT2D eigenvalue weighted by atomic mass is 10.0. The van der Waals surface area contributed by atoms with E-state index >= 15 is 0 Å². The van der Waals surface area contributed by atoms with E-state index in [1.54, 1.807) is 12.1 Å². The maximum Gasteiger partial charge on any atom is 0.420 e. The molecule has 4 heterocycles. The zero-order valence-electron chi connectivity index (χ0n) is 22.5. The summed E-state index contributed by atoms with van der Waals surface area (Å²) >= 11 is 0. The molecular formula is C29H25F3N6O5. The van der Waals surface area contributed by atoms with Gasteiger partial charge in [-0.05, 0) is 54.1 Å². The Hall–Kier alpha value is -5.40. The highest BCUT2D eigenvalue weighted by atomic mass is 19.4. The minimum Gasteiger partial charge on any atom is -0.465 e. The molecule has 43 heavy (non-hydrogen) atoms. The number of fused-ring (bicyclic) bond motifs is 1. The number of pyridine rings is 2. The number of halogens is 3. The van der Waals surface area contributed by atoms with Gasteiger partial charge < -0.3 is 30.4 Å². The van der Waals surface area contributed by atoms with Crippen LogP contribution in [0.25, 0.3) is 28.3 Å². The number of nitrogen functional groups attached to an aromatic ring is 1. The Bertz CT molecular complexity index is 1690. The van der Waals surface area contributed by atoms with Gasteiger partial charge in [0.2, 0.25) is 5.91 Å². The van der Waals surface area contributed by atoms with Crippen molar-refractivity contribution >= 4 is 40.8 Å². The van der Waals surface area contributed by atoms with Crippen LogP contribution in [0.4, 0.5) is 23.8 Å². The lowest BCUT2D eigenvalue weighted by molar-refractivity contribution is -0.136. The number of hydrogen-bond acceptors (Lipinski definition) is 7. The molecule has 0 radical (unpaired) electrons. The van der Waals surface area contributed by atoms with Gasteiger partial charge in [0.1, 0.15) is 17.2 Å². The van der Waals surface area contributed by atoms with E-state index in [2.05, 4.69) is 15.3 Å². The number of anilines is 1. The highest BCUT2D eigenvalue weighted by molar-refractivity contribution is 5.95. The van der Waals surface area contributed by atoms with Gasteiger partial charge >= 0.3 is 12.3 Å². The molecule has 1 fully saturated rings. The fourth-order valence-electron chi connectivity index (χ4n) is 4.55. The molecular weight excluding hydrogens is 569 g/mol. The lowest BCUT2D eigenvalue weighted by Gasteiger charge is -2.33. The molecule has 1 aromatic carbocycles. The highest BCUT2D eigenvalue weighted by Gasteiger charge is 2.35. The second-order valence-electron chi connectivity index (χ2n) is 9.71. The van der Waals surface area contributed by atoms with Crippen molar-refractivity contribution < 1.29 is 37.1 Å². The van der Waals surface area contributed by atoms with Gasteiger partial charge in [0.25, 0.3) is 5.91 Å². The minimum absolute atomic E-state index is 0.116. The van der Waals surface area contributed by atoms with E-state index in [0.29, 0.717) is 11.4 Å². The molecule has 4 N–H and O–H groups in total. The molecule has 0 bridgehead atoms. The summed E-state index contributed by atoms with van der Waals surface area (Å²) in [6.07, 6.45) is -0.257. The molecule has 3 amide bonds. The number of benzene rings is 1. The Morgan fingerprint density at radius 2 is 1.74 bits per heavy atom. The van der Waals surface area contributed by atoms with Crippen LogP contribution < -0.4 is 11.1 Å². The third kappa shape index (κ3) is 6.74. The first-order valence-corrected chi connectivity index (χ1v) is 13.0. The van der Waals surface area contributed by atoms with Crippen molar-refractivity contribution in [3.05, 3.63) is 83.4 Å². The van der Waals surface area contributed by atoms with Crippen LogP contribution in [0.1, 0.15) is 27.2 Å². The SMILES string of the molecule is Nc1ccc(C=CC(=O)NCc2cc3cc(-c4ccc(C(=O)N5CCN(C(=O)O)CC5)cn4)cc(C(F)(F)F)c3o2)cn1. The van der Waals surface area contributed by atoms with Crippen molar-refractivity contribution in [2.75, 3.05) is 31.9 Å². The number of nitrogens with zero attached hydrogens (tertiary/aromatic N) is 4. The van der Waals surface area contributed by atoms with E-state index in [1.807, 2.05) is 0 Å². The van der Waals surface area contributed by atoms with Crippen LogP contribution >= 0.6 is 0 Å². The second kappa shape index (κ2) is 11.8. The molecule has 222 valence electrons. The van der Waals surface area contributed by atoms with Gasteiger partial charge in [-0.1, -0.05) is 0 Å². The van der Waals surface area contributed by atoms with Crippen molar-refractivity contribution in [3.8, 4) is 11.3 Å². The number of furan rings is 1. The van der Waals surface area contributed by atoms with Crippen molar-refractivity contribution in [1.29, 1.82) is 0 Å². The Labute approximate surface area is 242 Å². The quantitative estimate of drug-likeness (QED) is 0.280. The van der Waals surface area contributed by atoms with Gasteiger partial charge in [-0.25, -0.2) is 9.78 Å². The van der Waals surface area contributed by atoms with E-state index in [1.165, 1.54) is 58.6 Å². The predicted molar refractivity (Wildman–Crippen MR) is 149 cm³/mol. The average Bonchev–Trinajstić information content (AvgIpc) is 3.41. The third-order valence-corrected chi connectivity index (χ3v) is 6.79. The number of alkyl halides is 3. The summed E-state index contributed by atoms with van der Waals surface area (Å²) in [7, 11) is 0. The number of amides is 3. The van der Waals surface area contributed by atoms with E-state index in [4.69, 9.17) is 15.3 Å². The van der Waals surface area contributed by atoms with Crippen LogP contribution in [0.3, 0.4) is 0 Å². The van der Waals surface area contributed by atoms with Crippen LogP contribution in [0.15, 0.2) is 65.4 Å². The molecule has 4 aromatic rings. The molecule has 0 atom stereocenters. The van der Waals surface area contributed by atoms with Crippen molar-refractivity contribution in [3.63, 3.8) is 0 Å². The summed E-state index contributed by atoms with van der Waals surface area (Å²) in [5, 5.41) is 11.8. The highest BCUT2D eigenvalue weighted by Crippen LogP contribution is 2.39. The topological polar surface area (TPSA) is 155 Å². The van der Waals surface area contributed by atoms with Crippen LogP contribution in [0, 0.1) is 0 Å². The summed E-state index contributed by atoms with van der Waals surface area (Å²) in [6.45, 7) is 0.652. The van der Waals surface area contributed by atoms with E-state index < -0.39 is 23.7 Å². The molecule has 3 aromatic heterocycles. The maximum atomic E-state index is 14.0. The Kier molecular flexibility index (Phi) is 8.01. The number of rotatable bonds is 6. The number of carbonyl (C=O) groups excluding carboxylic acids is 2. The van der Waals surface area contributed by atoms with Crippen molar-refractivity contribution in [1.82, 2.24) is 25.1 Å². The fourth-order valence-corrected chi connectivity index (χ4v) is 4.55. The predicted octanol–water partition coefficient (Wildman–Crippen LogP) is 4.26. The summed E-state index contributed by atoms with van der Waals surface area (Å²) < 4.78 is 47.5. The summed E-state index contributed by atoms with van der Waals surface area (Å²) in [4.78, 5) is 47.0. The largest absolute Gasteiger partial charge is 0.465 e. The summed E-state index contributed by atoms with van der Waals surface area (Å²) in [5.74, 6) is -0.389. The van der Waals surface area contributed by atoms with Gasteiger partial charge in [0.05, 0.1) is 23.4 Å². The zero-order chi connectivity index (χ0) is 30.7. The van der Waals surface area contributed by atoms with Crippen molar-refractivity contribution in [2.45, 2.75) is 12.7 Å². The number of hydrogen-bond donors (Lipinski definition) is 3. The molecule has 11 nitrogen and oxygen atoms in total. The van der Waals surface area contributed by atoms with Gasteiger partial charge in [-0.2, -0.15) is 13.2 Å². The monoisotopic (exact) mass is 594 g/mol. The van der Waals surface area contributed by atoms with Crippen LogP contribution in [-0.2, 0) is 17.5 Å². The number of nitrogens with two attached hydrogens (primary N) is 1. The molecule has 5 rings (SSSR count). The number of aromatic nitrogens is 2. The first-order chi connectivity index (χ1) is 20.5. The van der Waals surface area contributed by atoms with Crippen molar-refractivity contribution in [2.24, 2.45) is 0 Å². The number of piperazine rings is 1. The second-order valence-corrected chi connectivity index (χ2v) is 9.71. The lowest BCUT2D eigenvalue weighted by Crippen LogP contribution is -2.50. The van der Waals surface area contributed by atoms with E-state index in [0.717, 1.165) is 6.07 Å². The van der Waals surface area contributed by atoms with Gasteiger partial charge in [-0.15, -0.1) is 0 Å². The Morgan fingerprint density at radius 3 is 2.37 bits per heavy atom. The summed E-state index contributed by atoms with van der Waals surface area (Å²) in [5.41, 5.74) is 5.38.